The number of nitrogens with one attached hydrogen (secondary N) is 1. The van der Waals surface area contributed by atoms with Crippen molar-refractivity contribution in [1.82, 2.24) is 5.32 Å². The Labute approximate surface area is 203 Å². The molecule has 1 fully saturated rings. The number of hydrogen-bond donors (Lipinski definition) is 1. The Kier molecular flexibility index (Phi) is 7.61. The van der Waals surface area contributed by atoms with Gasteiger partial charge in [0.1, 0.15) is 11.5 Å². The number of nitrogens with zero attached hydrogens (tertiary/aromatic N) is 1. The predicted octanol–water partition coefficient (Wildman–Crippen LogP) is 4.10. The largest absolute Gasteiger partial charge is 0.497 e. The van der Waals surface area contributed by atoms with Gasteiger partial charge in [0.15, 0.2) is 6.10 Å². The number of ether oxygens (including phenoxy) is 2. The van der Waals surface area contributed by atoms with Gasteiger partial charge in [0.2, 0.25) is 0 Å². The first-order valence-corrected chi connectivity index (χ1v) is 13.8. The minimum atomic E-state index is -3.96. The fourth-order valence-electron chi connectivity index (χ4n) is 4.03. The Morgan fingerprint density at radius 1 is 1.21 bits per heavy atom. The van der Waals surface area contributed by atoms with E-state index in [9.17, 15) is 13.2 Å². The van der Waals surface area contributed by atoms with Crippen LogP contribution in [0.2, 0.25) is 5.02 Å². The van der Waals surface area contributed by atoms with Crippen LogP contribution in [0.3, 0.4) is 0 Å². The average Bonchev–Trinajstić information content (AvgIpc) is 3.34. The molecule has 7 nitrogen and oxygen atoms in total. The van der Waals surface area contributed by atoms with Gasteiger partial charge < -0.3 is 14.8 Å². The molecule has 1 amide bonds. The van der Waals surface area contributed by atoms with Crippen molar-refractivity contribution in [2.75, 3.05) is 30.3 Å². The first-order valence-electron chi connectivity index (χ1n) is 10.9. The standard InChI is InChI=1S/C23H27ClN2O5S2/c1-30-17-7-9-19(10-8-17)33(28,29)26-15-22(31-21-11-6-16(24)14-20(21)26)23(27)25-12-13-32-18-4-2-3-5-18/h6-11,14,18,22H,2-5,12-13,15H2,1H3,(H,25,27)/t22-/m1/s1. The smallest absolute Gasteiger partial charge is 0.264 e. The molecule has 0 unspecified atom stereocenters. The highest BCUT2D eigenvalue weighted by atomic mass is 35.5. The number of carbonyl (C=O) groups excluding carboxylic acids is 1. The number of anilines is 1. The SMILES string of the molecule is COc1ccc(S(=O)(=O)N2C[C@H](C(=O)NCCSC3CCCC3)Oc3ccc(Cl)cc32)cc1. The number of methoxy groups -OCH3 is 1. The summed E-state index contributed by atoms with van der Waals surface area (Å²) in [5.74, 6) is 1.33. The highest BCUT2D eigenvalue weighted by Gasteiger charge is 2.37. The lowest BCUT2D eigenvalue weighted by Crippen LogP contribution is -2.51. The van der Waals surface area contributed by atoms with Crippen molar-refractivity contribution >= 4 is 45.0 Å². The van der Waals surface area contributed by atoms with E-state index in [2.05, 4.69) is 5.32 Å². The molecule has 178 valence electrons. The van der Waals surface area contributed by atoms with Crippen LogP contribution in [0.15, 0.2) is 47.4 Å². The van der Waals surface area contributed by atoms with E-state index >= 15 is 0 Å². The second-order valence-corrected chi connectivity index (χ2v) is 11.7. The highest BCUT2D eigenvalue weighted by Crippen LogP contribution is 2.39. The van der Waals surface area contributed by atoms with Gasteiger partial charge >= 0.3 is 0 Å². The summed E-state index contributed by atoms with van der Waals surface area (Å²) in [6.07, 6.45) is 4.07. The molecule has 33 heavy (non-hydrogen) atoms. The fourth-order valence-corrected chi connectivity index (χ4v) is 6.89. The van der Waals surface area contributed by atoms with Gasteiger partial charge in [0.05, 0.1) is 24.2 Å². The van der Waals surface area contributed by atoms with Crippen molar-refractivity contribution in [2.24, 2.45) is 0 Å². The number of rotatable bonds is 8. The molecule has 0 radical (unpaired) electrons. The van der Waals surface area contributed by atoms with E-state index in [1.165, 1.54) is 55.3 Å². The molecule has 10 heteroatoms. The van der Waals surface area contributed by atoms with E-state index in [1.54, 1.807) is 24.3 Å². The van der Waals surface area contributed by atoms with Crippen LogP contribution in [0, 0.1) is 0 Å². The molecule has 4 rings (SSSR count). The topological polar surface area (TPSA) is 84.9 Å². The van der Waals surface area contributed by atoms with Gasteiger partial charge in [-0.3, -0.25) is 9.10 Å². The molecule has 0 aromatic heterocycles. The van der Waals surface area contributed by atoms with Crippen molar-refractivity contribution in [3.63, 3.8) is 0 Å². The third-order valence-electron chi connectivity index (χ3n) is 5.79. The molecule has 1 aliphatic heterocycles. The third-order valence-corrected chi connectivity index (χ3v) is 9.20. The minimum Gasteiger partial charge on any atom is -0.497 e. The molecule has 1 atom stereocenters. The highest BCUT2D eigenvalue weighted by molar-refractivity contribution is 7.99. The Bertz CT molecular complexity index is 1090. The van der Waals surface area contributed by atoms with Crippen molar-refractivity contribution in [1.29, 1.82) is 0 Å². The number of halogens is 1. The summed E-state index contributed by atoms with van der Waals surface area (Å²) in [5, 5.41) is 3.95. The van der Waals surface area contributed by atoms with Gasteiger partial charge in [-0.05, 0) is 55.3 Å². The third kappa shape index (κ3) is 5.53. The van der Waals surface area contributed by atoms with Gasteiger partial charge in [0, 0.05) is 22.6 Å². The Morgan fingerprint density at radius 2 is 1.94 bits per heavy atom. The van der Waals surface area contributed by atoms with Crippen molar-refractivity contribution in [3.8, 4) is 11.5 Å². The molecule has 2 aromatic carbocycles. The van der Waals surface area contributed by atoms with Gasteiger partial charge in [0.25, 0.3) is 15.9 Å². The van der Waals surface area contributed by atoms with Crippen LogP contribution in [0.4, 0.5) is 5.69 Å². The summed E-state index contributed by atoms with van der Waals surface area (Å²) in [6.45, 7) is 0.363. The average molecular weight is 511 g/mol. The van der Waals surface area contributed by atoms with E-state index in [0.29, 0.717) is 34.0 Å². The van der Waals surface area contributed by atoms with Crippen molar-refractivity contribution in [2.45, 2.75) is 41.9 Å². The monoisotopic (exact) mass is 510 g/mol. The molecule has 1 N–H and O–H groups in total. The molecule has 1 aliphatic carbocycles. The maximum absolute atomic E-state index is 13.5. The molecule has 0 saturated heterocycles. The van der Waals surface area contributed by atoms with E-state index in [4.69, 9.17) is 21.1 Å². The zero-order chi connectivity index (χ0) is 23.4. The number of benzene rings is 2. The van der Waals surface area contributed by atoms with Gasteiger partial charge in [-0.1, -0.05) is 24.4 Å². The van der Waals surface area contributed by atoms with Crippen LogP contribution >= 0.6 is 23.4 Å². The summed E-state index contributed by atoms with van der Waals surface area (Å²) in [5.41, 5.74) is 0.305. The van der Waals surface area contributed by atoms with Gasteiger partial charge in [-0.15, -0.1) is 0 Å². The van der Waals surface area contributed by atoms with Crippen LogP contribution in [0.5, 0.6) is 11.5 Å². The minimum absolute atomic E-state index is 0.0863. The van der Waals surface area contributed by atoms with Crippen LogP contribution in [-0.2, 0) is 14.8 Å². The summed E-state index contributed by atoms with van der Waals surface area (Å²) in [7, 11) is -2.45. The second-order valence-electron chi connectivity index (χ2n) is 8.00. The lowest BCUT2D eigenvalue weighted by molar-refractivity contribution is -0.127. The van der Waals surface area contributed by atoms with Crippen molar-refractivity contribution in [3.05, 3.63) is 47.5 Å². The number of carbonyl (C=O) groups is 1. The first-order chi connectivity index (χ1) is 15.9. The second kappa shape index (κ2) is 10.4. The predicted molar refractivity (Wildman–Crippen MR) is 131 cm³/mol. The molecule has 1 heterocycles. The van der Waals surface area contributed by atoms with E-state index in [1.807, 2.05) is 11.8 Å². The number of thioether (sulfide) groups is 1. The summed E-state index contributed by atoms with van der Waals surface area (Å²) < 4.78 is 39.2. The number of sulfonamides is 1. The lowest BCUT2D eigenvalue weighted by Gasteiger charge is -2.35. The quantitative estimate of drug-likeness (QED) is 0.538. The fraction of sp³-hybridized carbons (Fsp3) is 0.435. The number of fused-ring (bicyclic) bond motifs is 1. The lowest BCUT2D eigenvalue weighted by atomic mass is 10.2. The maximum atomic E-state index is 13.5. The Balaban J connectivity index is 1.51. The molecule has 1 saturated carbocycles. The van der Waals surface area contributed by atoms with Crippen LogP contribution in [0.1, 0.15) is 25.7 Å². The Morgan fingerprint density at radius 3 is 2.64 bits per heavy atom. The van der Waals surface area contributed by atoms with Crippen LogP contribution in [0.25, 0.3) is 0 Å². The van der Waals surface area contributed by atoms with Crippen LogP contribution in [-0.4, -0.2) is 51.6 Å². The molecular weight excluding hydrogens is 484 g/mol. The van der Waals surface area contributed by atoms with E-state index in [0.717, 1.165) is 5.75 Å². The molecule has 2 aliphatic rings. The zero-order valence-corrected chi connectivity index (χ0v) is 20.7. The van der Waals surface area contributed by atoms with Crippen molar-refractivity contribution < 1.29 is 22.7 Å². The zero-order valence-electron chi connectivity index (χ0n) is 18.3. The first kappa shape index (κ1) is 24.0. The van der Waals surface area contributed by atoms with Crippen LogP contribution < -0.4 is 19.1 Å². The summed E-state index contributed by atoms with van der Waals surface area (Å²) in [6, 6.07) is 10.8. The van der Waals surface area contributed by atoms with Gasteiger partial charge in [-0.25, -0.2) is 8.42 Å². The number of amides is 1. The molecular formula is C23H27ClN2O5S2. The van der Waals surface area contributed by atoms with Gasteiger partial charge in [-0.2, -0.15) is 11.8 Å². The normalized spacial score (nSPS) is 18.5. The van der Waals surface area contributed by atoms with E-state index < -0.39 is 16.1 Å². The number of hydrogen-bond acceptors (Lipinski definition) is 6. The summed E-state index contributed by atoms with van der Waals surface area (Å²) in [4.78, 5) is 12.9. The Hall–Kier alpha value is -2.10. The summed E-state index contributed by atoms with van der Waals surface area (Å²) >= 11 is 8.02. The molecule has 0 bridgehead atoms. The maximum Gasteiger partial charge on any atom is 0.264 e. The molecule has 0 spiro atoms. The molecule has 2 aromatic rings. The van der Waals surface area contributed by atoms with E-state index in [-0.39, 0.29) is 17.3 Å².